The summed E-state index contributed by atoms with van der Waals surface area (Å²) in [5.74, 6) is 1.28. The van der Waals surface area contributed by atoms with Gasteiger partial charge in [0.2, 0.25) is 5.91 Å². The molecule has 10 heteroatoms. The van der Waals surface area contributed by atoms with Gasteiger partial charge in [0.15, 0.2) is 0 Å². The van der Waals surface area contributed by atoms with Crippen molar-refractivity contribution < 1.29 is 14.4 Å². The fourth-order valence-corrected chi connectivity index (χ4v) is 4.86. The highest BCUT2D eigenvalue weighted by Crippen LogP contribution is 2.29. The Morgan fingerprint density at radius 1 is 1.00 bits per heavy atom. The largest absolute Gasteiger partial charge is 0.388 e. The van der Waals surface area contributed by atoms with E-state index >= 15 is 0 Å². The van der Waals surface area contributed by atoms with Crippen LogP contribution in [-0.4, -0.2) is 47.2 Å². The van der Waals surface area contributed by atoms with Crippen molar-refractivity contribution in [2.24, 2.45) is 0 Å². The molecule has 3 N–H and O–H groups in total. The first kappa shape index (κ1) is 28.4. The predicted octanol–water partition coefficient (Wildman–Crippen LogP) is 4.29. The number of hydrogen-bond acceptors (Lipinski definition) is 8. The number of nitrogens with one attached hydrogen (secondary N) is 3. The topological polar surface area (TPSA) is 95.6 Å². The van der Waals surface area contributed by atoms with Crippen molar-refractivity contribution >= 4 is 33.4 Å². The van der Waals surface area contributed by atoms with E-state index in [1.807, 2.05) is 18.2 Å². The smallest absolute Gasteiger partial charge is 0.260 e. The van der Waals surface area contributed by atoms with Gasteiger partial charge in [-0.1, -0.05) is 43.2 Å². The summed E-state index contributed by atoms with van der Waals surface area (Å²) in [7, 11) is 3.38. The van der Waals surface area contributed by atoms with Crippen molar-refractivity contribution in [3.05, 3.63) is 73.6 Å². The molecule has 1 aliphatic heterocycles. The van der Waals surface area contributed by atoms with Gasteiger partial charge in [-0.3, -0.25) is 9.59 Å². The minimum absolute atomic E-state index is 0.0181. The first-order chi connectivity index (χ1) is 16.8. The zero-order valence-electron chi connectivity index (χ0n) is 20.1. The van der Waals surface area contributed by atoms with E-state index in [0.717, 1.165) is 28.6 Å². The lowest BCUT2D eigenvalue weighted by Gasteiger charge is -2.19. The molecule has 0 spiro atoms. The third-order valence-electron chi connectivity index (χ3n) is 4.89. The summed E-state index contributed by atoms with van der Waals surface area (Å²) in [6, 6.07) is 5.86. The molecule has 2 rings (SSSR count). The molecule has 8 nitrogen and oxygen atoms in total. The number of aromatic nitrogens is 1. The number of hydrogen-bond donors (Lipinski definition) is 3. The van der Waals surface area contributed by atoms with Crippen molar-refractivity contribution in [1.82, 2.24) is 26.0 Å². The van der Waals surface area contributed by atoms with E-state index in [0.29, 0.717) is 63.2 Å². The van der Waals surface area contributed by atoms with Crippen LogP contribution in [0.3, 0.4) is 0 Å². The minimum atomic E-state index is -0.0986. The number of nitrogens with zero attached hydrogens (tertiary/aromatic N) is 2. The first-order valence-electron chi connectivity index (χ1n) is 11.5. The van der Waals surface area contributed by atoms with Crippen molar-refractivity contribution in [2.75, 3.05) is 25.4 Å². The maximum Gasteiger partial charge on any atom is 0.260 e. The van der Waals surface area contributed by atoms with Crippen LogP contribution in [0.1, 0.15) is 38.5 Å². The van der Waals surface area contributed by atoms with E-state index in [1.54, 1.807) is 27.8 Å². The van der Waals surface area contributed by atoms with Crippen LogP contribution in [0.4, 0.5) is 0 Å². The number of pyridine rings is 1. The Balaban J connectivity index is 1.43. The second kappa shape index (κ2) is 15.9. The summed E-state index contributed by atoms with van der Waals surface area (Å²) in [5.41, 5.74) is 2.39. The fourth-order valence-electron chi connectivity index (χ4n) is 2.93. The number of carbonyl (C=O) groups is 2. The molecule has 2 amide bonds. The summed E-state index contributed by atoms with van der Waals surface area (Å²) in [5, 5.41) is 11.5. The molecule has 190 valence electrons. The highest BCUT2D eigenvalue weighted by Gasteiger charge is 2.26. The van der Waals surface area contributed by atoms with Crippen LogP contribution in [0.5, 0.6) is 0 Å². The fraction of sp³-hybridized carbons (Fsp3) is 0.400. The normalized spacial score (nSPS) is 12.9. The van der Waals surface area contributed by atoms with Crippen LogP contribution in [0.25, 0.3) is 0 Å². The highest BCUT2D eigenvalue weighted by molar-refractivity contribution is 8.76. The molecule has 1 aliphatic rings. The highest BCUT2D eigenvalue weighted by atomic mass is 33.1. The first-order valence-corrected chi connectivity index (χ1v) is 13.8. The SMILES string of the molecule is C=C(CCNC(=O)CCNC(=C)CCSSc1ccccn1)NCCC(=C)ON1C(=C)CCC1=O. The summed E-state index contributed by atoms with van der Waals surface area (Å²) >= 11 is 0. The Bertz CT molecular complexity index is 892. The molecular formula is C25H35N5O3S2. The molecule has 0 unspecified atom stereocenters. The van der Waals surface area contributed by atoms with E-state index in [2.05, 4.69) is 47.3 Å². The van der Waals surface area contributed by atoms with E-state index in [9.17, 15) is 9.59 Å². The van der Waals surface area contributed by atoms with Crippen molar-refractivity contribution in [1.29, 1.82) is 0 Å². The van der Waals surface area contributed by atoms with E-state index < -0.39 is 0 Å². The van der Waals surface area contributed by atoms with Gasteiger partial charge in [0, 0.05) is 68.7 Å². The maximum atomic E-state index is 12.0. The van der Waals surface area contributed by atoms with E-state index in [4.69, 9.17) is 4.84 Å². The maximum absolute atomic E-state index is 12.0. The predicted molar refractivity (Wildman–Crippen MR) is 144 cm³/mol. The van der Waals surface area contributed by atoms with Gasteiger partial charge in [-0.15, -0.1) is 5.06 Å². The van der Waals surface area contributed by atoms with Gasteiger partial charge >= 0.3 is 0 Å². The molecule has 0 atom stereocenters. The van der Waals surface area contributed by atoms with E-state index in [-0.39, 0.29) is 11.8 Å². The molecule has 1 aromatic heterocycles. The Kier molecular flexibility index (Phi) is 12.9. The number of allylic oxidation sites excluding steroid dienone is 2. The minimum Gasteiger partial charge on any atom is -0.388 e. The van der Waals surface area contributed by atoms with Crippen LogP contribution < -0.4 is 16.0 Å². The average Bonchev–Trinajstić information content (AvgIpc) is 3.14. The third-order valence-corrected chi connectivity index (χ3v) is 7.15. The molecule has 2 heterocycles. The van der Waals surface area contributed by atoms with Crippen molar-refractivity contribution in [3.63, 3.8) is 0 Å². The number of carbonyl (C=O) groups excluding carboxylic acids is 2. The Morgan fingerprint density at radius 3 is 2.40 bits per heavy atom. The standard InChI is InChI=1S/C25H35N5O3S2/c1-19(26-16-11-22(4)33-30-21(3)8-9-25(30)32)10-15-28-23(31)12-17-27-20(2)13-18-34-35-24-7-5-6-14-29-24/h5-7,14,26-27H,1-4,8-13,15-18H2,(H,28,31). The summed E-state index contributed by atoms with van der Waals surface area (Å²) in [6.45, 7) is 17.3. The Morgan fingerprint density at radius 2 is 1.71 bits per heavy atom. The molecule has 0 aromatic carbocycles. The van der Waals surface area contributed by atoms with Gasteiger partial charge in [0.1, 0.15) is 10.8 Å². The molecular weight excluding hydrogens is 482 g/mol. The molecule has 0 saturated carbocycles. The Labute approximate surface area is 216 Å². The zero-order valence-corrected chi connectivity index (χ0v) is 21.8. The van der Waals surface area contributed by atoms with Gasteiger partial charge in [0.05, 0.1) is 5.70 Å². The Hall–Kier alpha value is -2.85. The lowest BCUT2D eigenvalue weighted by molar-refractivity contribution is -0.157. The molecule has 0 radical (unpaired) electrons. The van der Waals surface area contributed by atoms with Crippen molar-refractivity contribution in [3.8, 4) is 0 Å². The number of rotatable bonds is 18. The lowest BCUT2D eigenvalue weighted by atomic mass is 10.3. The van der Waals surface area contributed by atoms with Crippen LogP contribution in [0, 0.1) is 0 Å². The number of amides is 2. The second-order valence-corrected chi connectivity index (χ2v) is 10.3. The third kappa shape index (κ3) is 11.9. The lowest BCUT2D eigenvalue weighted by Crippen LogP contribution is -2.29. The molecule has 35 heavy (non-hydrogen) atoms. The summed E-state index contributed by atoms with van der Waals surface area (Å²) in [4.78, 5) is 33.5. The average molecular weight is 518 g/mol. The molecule has 1 saturated heterocycles. The molecule has 0 bridgehead atoms. The van der Waals surface area contributed by atoms with Gasteiger partial charge in [0.25, 0.3) is 5.91 Å². The van der Waals surface area contributed by atoms with Crippen LogP contribution >= 0.6 is 21.6 Å². The van der Waals surface area contributed by atoms with Gasteiger partial charge in [-0.05, 0) is 35.8 Å². The van der Waals surface area contributed by atoms with Crippen molar-refractivity contribution in [2.45, 2.75) is 43.6 Å². The second-order valence-electron chi connectivity index (χ2n) is 7.87. The number of hydroxylamine groups is 2. The zero-order chi connectivity index (χ0) is 25.5. The van der Waals surface area contributed by atoms with Gasteiger partial charge in [-0.2, -0.15) is 0 Å². The quantitative estimate of drug-likeness (QED) is 0.151. The van der Waals surface area contributed by atoms with Gasteiger partial charge in [-0.25, -0.2) is 4.98 Å². The molecule has 1 fully saturated rings. The molecule has 1 aromatic rings. The van der Waals surface area contributed by atoms with Crippen LogP contribution in [0.2, 0.25) is 0 Å². The summed E-state index contributed by atoms with van der Waals surface area (Å²) in [6.07, 6.45) is 5.18. The van der Waals surface area contributed by atoms with Crippen LogP contribution in [-0.2, 0) is 14.4 Å². The van der Waals surface area contributed by atoms with Gasteiger partial charge < -0.3 is 20.8 Å². The van der Waals surface area contributed by atoms with Crippen LogP contribution in [0.15, 0.2) is 78.6 Å². The monoisotopic (exact) mass is 517 g/mol. The molecule has 0 aliphatic carbocycles. The summed E-state index contributed by atoms with van der Waals surface area (Å²) < 4.78 is 0. The van der Waals surface area contributed by atoms with E-state index in [1.165, 1.54) is 5.06 Å².